The van der Waals surface area contributed by atoms with E-state index in [0.717, 1.165) is 27.5 Å². The van der Waals surface area contributed by atoms with Crippen molar-refractivity contribution in [3.8, 4) is 5.75 Å². The Bertz CT molecular complexity index is 1500. The Hall–Kier alpha value is -4.13. The third-order valence-electron chi connectivity index (χ3n) is 5.16. The molecule has 0 N–H and O–H groups in total. The molecule has 0 bridgehead atoms. The number of fused-ring (bicyclic) bond motifs is 4. The number of rotatable bonds is 5. The second-order valence-electron chi connectivity index (χ2n) is 7.16. The molecule has 0 unspecified atom stereocenters. The molecule has 0 aliphatic rings. The normalized spacial score (nSPS) is 11.3. The molecule has 3 aromatic carbocycles. The lowest BCUT2D eigenvalue weighted by atomic mass is 10.1. The van der Waals surface area contributed by atoms with Crippen LogP contribution in [0.15, 0.2) is 76.2 Å². The van der Waals surface area contributed by atoms with E-state index in [1.165, 1.54) is 10.9 Å². The van der Waals surface area contributed by atoms with E-state index < -0.39 is 11.5 Å². The van der Waals surface area contributed by atoms with Crippen molar-refractivity contribution in [1.82, 2.24) is 9.55 Å². The molecule has 7 nitrogen and oxygen atoms in total. The Labute approximate surface area is 176 Å². The predicted octanol–water partition coefficient (Wildman–Crippen LogP) is 4.05. The first kappa shape index (κ1) is 18.9. The van der Waals surface area contributed by atoms with Gasteiger partial charge >= 0.3 is 5.97 Å². The summed E-state index contributed by atoms with van der Waals surface area (Å²) in [7, 11) is 1.63. The van der Waals surface area contributed by atoms with Crippen molar-refractivity contribution in [2.24, 2.45) is 0 Å². The van der Waals surface area contributed by atoms with Gasteiger partial charge in [0.05, 0.1) is 13.4 Å². The van der Waals surface area contributed by atoms with Crippen LogP contribution in [0.25, 0.3) is 32.8 Å². The highest BCUT2D eigenvalue weighted by atomic mass is 16.5. The molecule has 31 heavy (non-hydrogen) atoms. The van der Waals surface area contributed by atoms with Crippen molar-refractivity contribution in [1.29, 1.82) is 0 Å². The lowest BCUT2D eigenvalue weighted by Crippen LogP contribution is -2.25. The smallest absolute Gasteiger partial charge is 0.326 e. The molecule has 0 saturated heterocycles. The lowest BCUT2D eigenvalue weighted by Gasteiger charge is -2.08. The van der Waals surface area contributed by atoms with E-state index in [2.05, 4.69) is 4.98 Å². The summed E-state index contributed by atoms with van der Waals surface area (Å²) in [6.45, 7) is -0.139. The molecular formula is C24H18N2O5. The number of benzene rings is 3. The molecular weight excluding hydrogens is 396 g/mol. The number of para-hydroxylation sites is 1. The first-order valence-electron chi connectivity index (χ1n) is 9.71. The Morgan fingerprint density at radius 2 is 1.87 bits per heavy atom. The maximum Gasteiger partial charge on any atom is 0.326 e. The van der Waals surface area contributed by atoms with Crippen molar-refractivity contribution in [3.63, 3.8) is 0 Å². The SMILES string of the molecule is COc1ccc2cc(COC(=O)Cn3cnc4c(oc5ccccc54)c3=O)ccc2c1. The number of nitrogens with zero attached hydrogens (tertiary/aromatic N) is 2. The standard InChI is InChI=1S/C24H18N2O5/c1-29-18-9-8-16-10-15(6-7-17(16)11-18)13-30-21(27)12-26-14-25-22-19-4-2-3-5-20(19)31-23(22)24(26)28/h2-11,14H,12-13H2,1H3. The molecule has 0 aliphatic heterocycles. The Morgan fingerprint density at radius 1 is 1.06 bits per heavy atom. The molecule has 0 atom stereocenters. The zero-order valence-electron chi connectivity index (χ0n) is 16.7. The van der Waals surface area contributed by atoms with Gasteiger partial charge in [-0.15, -0.1) is 0 Å². The third-order valence-corrected chi connectivity index (χ3v) is 5.16. The first-order chi connectivity index (χ1) is 15.1. The second-order valence-corrected chi connectivity index (χ2v) is 7.16. The highest BCUT2D eigenvalue weighted by Crippen LogP contribution is 2.24. The Morgan fingerprint density at radius 3 is 2.74 bits per heavy atom. The van der Waals surface area contributed by atoms with Gasteiger partial charge in [-0.3, -0.25) is 14.2 Å². The molecule has 0 radical (unpaired) electrons. The second kappa shape index (κ2) is 7.60. The minimum Gasteiger partial charge on any atom is -0.497 e. The van der Waals surface area contributed by atoms with Crippen LogP contribution in [0.4, 0.5) is 0 Å². The lowest BCUT2D eigenvalue weighted by molar-refractivity contribution is -0.145. The van der Waals surface area contributed by atoms with Crippen LogP contribution in [-0.2, 0) is 22.7 Å². The summed E-state index contributed by atoms with van der Waals surface area (Å²) in [5.41, 5.74) is 1.62. The van der Waals surface area contributed by atoms with Crippen molar-refractivity contribution >= 4 is 38.8 Å². The van der Waals surface area contributed by atoms with Gasteiger partial charge in [0.25, 0.3) is 5.56 Å². The van der Waals surface area contributed by atoms with Gasteiger partial charge in [0, 0.05) is 5.39 Å². The average Bonchev–Trinajstić information content (AvgIpc) is 3.18. The largest absolute Gasteiger partial charge is 0.497 e. The van der Waals surface area contributed by atoms with E-state index in [9.17, 15) is 9.59 Å². The summed E-state index contributed by atoms with van der Waals surface area (Å²) in [5.74, 6) is 0.251. The van der Waals surface area contributed by atoms with E-state index in [-0.39, 0.29) is 18.7 Å². The van der Waals surface area contributed by atoms with Gasteiger partial charge < -0.3 is 13.9 Å². The minimum absolute atomic E-state index is 0.107. The molecule has 0 aliphatic carbocycles. The molecule has 5 aromatic rings. The van der Waals surface area contributed by atoms with Gasteiger partial charge in [0.15, 0.2) is 0 Å². The number of carbonyl (C=O) groups is 1. The van der Waals surface area contributed by atoms with Crippen LogP contribution in [0, 0.1) is 0 Å². The first-order valence-corrected chi connectivity index (χ1v) is 9.71. The number of methoxy groups -OCH3 is 1. The van der Waals surface area contributed by atoms with Gasteiger partial charge in [-0.25, -0.2) is 4.98 Å². The van der Waals surface area contributed by atoms with E-state index in [1.54, 1.807) is 13.2 Å². The number of esters is 1. The zero-order valence-corrected chi connectivity index (χ0v) is 16.7. The van der Waals surface area contributed by atoms with Crippen molar-refractivity contribution < 1.29 is 18.7 Å². The molecule has 7 heteroatoms. The summed E-state index contributed by atoms with van der Waals surface area (Å²) >= 11 is 0. The number of hydrogen-bond donors (Lipinski definition) is 0. The van der Waals surface area contributed by atoms with Crippen LogP contribution >= 0.6 is 0 Å². The summed E-state index contributed by atoms with van der Waals surface area (Å²) in [5, 5.41) is 2.81. The topological polar surface area (TPSA) is 83.6 Å². The maximum absolute atomic E-state index is 12.7. The maximum atomic E-state index is 12.7. The van der Waals surface area contributed by atoms with Crippen molar-refractivity contribution in [2.45, 2.75) is 13.2 Å². The Kier molecular flexibility index (Phi) is 4.63. The minimum atomic E-state index is -0.533. The van der Waals surface area contributed by atoms with Gasteiger partial charge in [-0.2, -0.15) is 0 Å². The van der Waals surface area contributed by atoms with Crippen LogP contribution < -0.4 is 10.3 Å². The van der Waals surface area contributed by atoms with Gasteiger partial charge in [-0.05, 0) is 46.7 Å². The van der Waals surface area contributed by atoms with Crippen molar-refractivity contribution in [2.75, 3.05) is 7.11 Å². The van der Waals surface area contributed by atoms with Crippen molar-refractivity contribution in [3.05, 3.63) is 82.9 Å². The van der Waals surface area contributed by atoms with Gasteiger partial charge in [0.1, 0.15) is 30.0 Å². The third kappa shape index (κ3) is 3.50. The highest BCUT2D eigenvalue weighted by Gasteiger charge is 2.15. The fourth-order valence-electron chi connectivity index (χ4n) is 3.57. The van der Waals surface area contributed by atoms with Crippen LogP contribution in [0.5, 0.6) is 5.75 Å². The van der Waals surface area contributed by atoms with Gasteiger partial charge in [0.2, 0.25) is 5.58 Å². The van der Waals surface area contributed by atoms with Crippen LogP contribution in [-0.4, -0.2) is 22.6 Å². The summed E-state index contributed by atoms with van der Waals surface area (Å²) in [4.78, 5) is 29.4. The fraction of sp³-hybridized carbons (Fsp3) is 0.125. The zero-order chi connectivity index (χ0) is 21.4. The highest BCUT2D eigenvalue weighted by molar-refractivity contribution is 6.01. The van der Waals surface area contributed by atoms with E-state index >= 15 is 0 Å². The number of aromatic nitrogens is 2. The molecule has 0 amide bonds. The van der Waals surface area contributed by atoms with Crippen LogP contribution in [0.1, 0.15) is 5.56 Å². The molecule has 2 aromatic heterocycles. The number of furan rings is 1. The number of carbonyl (C=O) groups excluding carboxylic acids is 1. The monoisotopic (exact) mass is 414 g/mol. The molecule has 2 heterocycles. The summed E-state index contributed by atoms with van der Waals surface area (Å²) in [6, 6.07) is 18.9. The fourth-order valence-corrected chi connectivity index (χ4v) is 3.57. The van der Waals surface area contributed by atoms with Crippen LogP contribution in [0.2, 0.25) is 0 Å². The van der Waals surface area contributed by atoms with E-state index in [1.807, 2.05) is 54.6 Å². The average molecular weight is 414 g/mol. The molecule has 0 fully saturated rings. The quantitative estimate of drug-likeness (QED) is 0.404. The summed E-state index contributed by atoms with van der Waals surface area (Å²) in [6.07, 6.45) is 1.34. The van der Waals surface area contributed by atoms with E-state index in [4.69, 9.17) is 13.9 Å². The number of hydrogen-bond acceptors (Lipinski definition) is 6. The molecule has 0 spiro atoms. The summed E-state index contributed by atoms with van der Waals surface area (Å²) < 4.78 is 17.4. The molecule has 154 valence electrons. The number of ether oxygens (including phenoxy) is 2. The van der Waals surface area contributed by atoms with Crippen LogP contribution in [0.3, 0.4) is 0 Å². The molecule has 5 rings (SSSR count). The predicted molar refractivity (Wildman–Crippen MR) is 116 cm³/mol. The van der Waals surface area contributed by atoms with Gasteiger partial charge in [-0.1, -0.05) is 30.3 Å². The Balaban J connectivity index is 1.32. The molecule has 0 saturated carbocycles. The van der Waals surface area contributed by atoms with E-state index in [0.29, 0.717) is 11.1 Å².